The molecule has 4 N–H and O–H groups in total. The summed E-state index contributed by atoms with van der Waals surface area (Å²) in [7, 11) is 0. The molecular weight excluding hydrogens is 344 g/mol. The molecular formula is C20H22N4O3. The number of hydrogen-bond acceptors (Lipinski definition) is 5. The molecule has 1 amide bonds. The molecule has 0 aliphatic heterocycles. The Morgan fingerprint density at radius 3 is 2.67 bits per heavy atom. The fourth-order valence-corrected chi connectivity index (χ4v) is 2.81. The van der Waals surface area contributed by atoms with Crippen LogP contribution >= 0.6 is 0 Å². The van der Waals surface area contributed by atoms with E-state index < -0.39 is 12.0 Å². The van der Waals surface area contributed by atoms with Gasteiger partial charge in [0.1, 0.15) is 11.5 Å². The molecule has 1 aromatic carbocycles. The fraction of sp³-hybridized carbons (Fsp3) is 0.250. The van der Waals surface area contributed by atoms with Crippen molar-refractivity contribution in [2.45, 2.75) is 25.4 Å². The molecule has 0 radical (unpaired) electrons. The topological polar surface area (TPSA) is 114 Å². The maximum absolute atomic E-state index is 11.2. The molecule has 140 valence electrons. The van der Waals surface area contributed by atoms with Crippen LogP contribution in [0, 0.1) is 0 Å². The fourth-order valence-electron chi connectivity index (χ4n) is 2.81. The Bertz CT molecular complexity index is 893. The lowest BCUT2D eigenvalue weighted by molar-refractivity contribution is 0.0995. The number of pyridine rings is 1. The summed E-state index contributed by atoms with van der Waals surface area (Å²) in [6, 6.07) is 15.5. The highest BCUT2D eigenvalue weighted by Crippen LogP contribution is 2.23. The maximum atomic E-state index is 11.2. The minimum absolute atomic E-state index is 0.216. The van der Waals surface area contributed by atoms with Gasteiger partial charge in [0, 0.05) is 17.5 Å². The summed E-state index contributed by atoms with van der Waals surface area (Å²) >= 11 is 0. The lowest BCUT2D eigenvalue weighted by Gasteiger charge is -2.18. The average molecular weight is 366 g/mol. The number of amides is 1. The number of nitrogens with one attached hydrogen (secondary N) is 1. The van der Waals surface area contributed by atoms with Crippen LogP contribution in [-0.4, -0.2) is 38.7 Å². The Morgan fingerprint density at radius 1 is 1.22 bits per heavy atom. The molecule has 27 heavy (non-hydrogen) atoms. The molecule has 2 heterocycles. The van der Waals surface area contributed by atoms with Crippen molar-refractivity contribution < 1.29 is 14.6 Å². The predicted molar refractivity (Wildman–Crippen MR) is 101 cm³/mol. The van der Waals surface area contributed by atoms with Crippen LogP contribution in [0.15, 0.2) is 54.7 Å². The largest absolute Gasteiger partial charge is 0.478 e. The van der Waals surface area contributed by atoms with E-state index in [1.165, 1.54) is 6.20 Å². The van der Waals surface area contributed by atoms with Crippen molar-refractivity contribution in [2.24, 2.45) is 5.73 Å². The van der Waals surface area contributed by atoms with Gasteiger partial charge in [-0.15, -0.1) is 0 Å². The molecule has 0 unspecified atom stereocenters. The third-order valence-electron chi connectivity index (χ3n) is 4.27. The molecule has 0 saturated heterocycles. The number of H-pyrrole nitrogens is 1. The highest BCUT2D eigenvalue weighted by Gasteiger charge is 2.21. The number of ether oxygens (including phenoxy) is 1. The Balaban J connectivity index is 1.64. The van der Waals surface area contributed by atoms with Crippen molar-refractivity contribution in [1.82, 2.24) is 15.0 Å². The number of aliphatic hydroxyl groups is 1. The van der Waals surface area contributed by atoms with Gasteiger partial charge in [-0.25, -0.2) is 9.97 Å². The molecule has 0 aliphatic carbocycles. The smallest absolute Gasteiger partial charge is 0.266 e. The number of benzene rings is 1. The summed E-state index contributed by atoms with van der Waals surface area (Å²) in [4.78, 5) is 22.7. The second-order valence-corrected chi connectivity index (χ2v) is 6.26. The molecule has 0 fully saturated rings. The van der Waals surface area contributed by atoms with E-state index in [9.17, 15) is 9.90 Å². The van der Waals surface area contributed by atoms with Gasteiger partial charge in [0.25, 0.3) is 5.91 Å². The van der Waals surface area contributed by atoms with E-state index in [0.717, 1.165) is 11.3 Å². The Kier molecular flexibility index (Phi) is 5.83. The summed E-state index contributed by atoms with van der Waals surface area (Å²) in [6.07, 6.45) is 1.21. The number of primary amides is 1. The van der Waals surface area contributed by atoms with Crippen molar-refractivity contribution in [3.63, 3.8) is 0 Å². The number of aromatic nitrogens is 3. The van der Waals surface area contributed by atoms with Crippen LogP contribution in [0.25, 0.3) is 11.3 Å². The van der Waals surface area contributed by atoms with E-state index in [1.807, 2.05) is 42.5 Å². The lowest BCUT2D eigenvalue weighted by atomic mass is 9.99. The first kappa shape index (κ1) is 18.6. The van der Waals surface area contributed by atoms with Gasteiger partial charge in [-0.1, -0.05) is 36.4 Å². The molecule has 7 nitrogen and oxygen atoms in total. The van der Waals surface area contributed by atoms with Gasteiger partial charge in [0.15, 0.2) is 0 Å². The number of aliphatic hydroxyl groups excluding tert-OH is 1. The molecule has 0 spiro atoms. The normalized spacial score (nSPS) is 13.1. The zero-order chi connectivity index (χ0) is 19.2. The van der Waals surface area contributed by atoms with Crippen LogP contribution in [0.1, 0.15) is 35.6 Å². The number of carbonyl (C=O) groups excluding carboxylic acids is 1. The number of carbonyl (C=O) groups is 1. The van der Waals surface area contributed by atoms with Crippen molar-refractivity contribution >= 4 is 5.91 Å². The SMILES string of the molecule is C[C@H](O)[C@H](CCOc1cccc(-c2ccccc2)n1)c1ncc(C(N)=O)[nH]1. The monoisotopic (exact) mass is 366 g/mol. The Morgan fingerprint density at radius 2 is 2.00 bits per heavy atom. The molecule has 0 bridgehead atoms. The van der Waals surface area contributed by atoms with Crippen LogP contribution in [0.4, 0.5) is 0 Å². The van der Waals surface area contributed by atoms with Gasteiger partial charge in [-0.2, -0.15) is 0 Å². The van der Waals surface area contributed by atoms with E-state index in [4.69, 9.17) is 10.5 Å². The number of hydrogen-bond donors (Lipinski definition) is 3. The zero-order valence-corrected chi connectivity index (χ0v) is 15.0. The predicted octanol–water partition coefficient (Wildman–Crippen LogP) is 2.50. The molecule has 3 aromatic rings. The first-order chi connectivity index (χ1) is 13.0. The van der Waals surface area contributed by atoms with Gasteiger partial charge < -0.3 is 20.6 Å². The number of nitrogens with two attached hydrogens (primary N) is 1. The van der Waals surface area contributed by atoms with Crippen molar-refractivity contribution in [3.05, 3.63) is 66.2 Å². The number of aromatic amines is 1. The van der Waals surface area contributed by atoms with Gasteiger partial charge in [0.2, 0.25) is 5.88 Å². The Hall–Kier alpha value is -3.19. The third kappa shape index (κ3) is 4.71. The highest BCUT2D eigenvalue weighted by molar-refractivity contribution is 5.90. The van der Waals surface area contributed by atoms with E-state index in [0.29, 0.717) is 24.7 Å². The molecule has 7 heteroatoms. The van der Waals surface area contributed by atoms with Gasteiger partial charge in [0.05, 0.1) is 24.6 Å². The second kappa shape index (κ2) is 8.46. The van der Waals surface area contributed by atoms with Crippen LogP contribution < -0.4 is 10.5 Å². The first-order valence-electron chi connectivity index (χ1n) is 8.72. The standard InChI is InChI=1S/C20H22N4O3/c1-13(25)15(20-22-12-17(24-20)19(21)26)10-11-27-18-9-5-8-16(23-18)14-6-3-2-4-7-14/h2-9,12-13,15,25H,10-11H2,1H3,(H2,21,26)(H,22,24)/t13-,15-/m0/s1. The molecule has 0 saturated carbocycles. The molecule has 3 rings (SSSR count). The van der Waals surface area contributed by atoms with Crippen LogP contribution in [0.5, 0.6) is 5.88 Å². The number of nitrogens with zero attached hydrogens (tertiary/aromatic N) is 2. The van der Waals surface area contributed by atoms with E-state index in [-0.39, 0.29) is 11.6 Å². The zero-order valence-electron chi connectivity index (χ0n) is 15.0. The van der Waals surface area contributed by atoms with E-state index in [1.54, 1.807) is 13.0 Å². The summed E-state index contributed by atoms with van der Waals surface area (Å²) < 4.78 is 5.77. The van der Waals surface area contributed by atoms with Gasteiger partial charge >= 0.3 is 0 Å². The number of rotatable bonds is 8. The van der Waals surface area contributed by atoms with Crippen molar-refractivity contribution in [3.8, 4) is 17.1 Å². The average Bonchev–Trinajstić information content (AvgIpc) is 3.16. The molecule has 2 atom stereocenters. The number of imidazole rings is 1. The summed E-state index contributed by atoms with van der Waals surface area (Å²) in [5.41, 5.74) is 7.30. The maximum Gasteiger partial charge on any atom is 0.266 e. The van der Waals surface area contributed by atoms with Crippen molar-refractivity contribution in [1.29, 1.82) is 0 Å². The summed E-state index contributed by atoms with van der Waals surface area (Å²) in [5.74, 6) is 0.123. The second-order valence-electron chi connectivity index (χ2n) is 6.26. The molecule has 2 aromatic heterocycles. The lowest BCUT2D eigenvalue weighted by Crippen LogP contribution is -2.19. The van der Waals surface area contributed by atoms with E-state index in [2.05, 4.69) is 15.0 Å². The van der Waals surface area contributed by atoms with E-state index >= 15 is 0 Å². The van der Waals surface area contributed by atoms with Gasteiger partial charge in [-0.05, 0) is 19.4 Å². The van der Waals surface area contributed by atoms with Crippen molar-refractivity contribution in [2.75, 3.05) is 6.61 Å². The summed E-state index contributed by atoms with van der Waals surface area (Å²) in [6.45, 7) is 2.01. The first-order valence-corrected chi connectivity index (χ1v) is 8.72. The van der Waals surface area contributed by atoms with Gasteiger partial charge in [-0.3, -0.25) is 4.79 Å². The van der Waals surface area contributed by atoms with Crippen LogP contribution in [0.2, 0.25) is 0 Å². The van der Waals surface area contributed by atoms with Crippen LogP contribution in [-0.2, 0) is 0 Å². The summed E-state index contributed by atoms with van der Waals surface area (Å²) in [5, 5.41) is 10.1. The van der Waals surface area contributed by atoms with Crippen LogP contribution in [0.3, 0.4) is 0 Å². The molecule has 0 aliphatic rings. The highest BCUT2D eigenvalue weighted by atomic mass is 16.5. The Labute approximate surface area is 157 Å². The minimum atomic E-state index is -0.663. The minimum Gasteiger partial charge on any atom is -0.478 e. The third-order valence-corrected chi connectivity index (χ3v) is 4.27. The quantitative estimate of drug-likeness (QED) is 0.567.